The van der Waals surface area contributed by atoms with Gasteiger partial charge in [0.2, 0.25) is 17.7 Å². The summed E-state index contributed by atoms with van der Waals surface area (Å²) in [6.45, 7) is 2.76. The quantitative estimate of drug-likeness (QED) is 0.0339. The lowest BCUT2D eigenvalue weighted by molar-refractivity contribution is -0.132. The molecule has 0 bridgehead atoms. The number of fused-ring (bicyclic) bond motifs is 1. The number of nitrogens with two attached hydrogens (primary N) is 4. The van der Waals surface area contributed by atoms with Crippen LogP contribution in [0.15, 0.2) is 68.8 Å². The topological polar surface area (TPSA) is 272 Å². The van der Waals surface area contributed by atoms with E-state index in [0.717, 1.165) is 11.1 Å². The maximum absolute atomic E-state index is 13.8. The Morgan fingerprint density at radius 2 is 1.37 bits per heavy atom. The lowest BCUT2D eigenvalue weighted by atomic mass is 10.0. The number of unbranched alkanes of at least 4 members (excludes halogenated alkanes) is 2. The summed E-state index contributed by atoms with van der Waals surface area (Å²) >= 11 is 0. The third-order valence-electron chi connectivity index (χ3n) is 8.15. The predicted molar refractivity (Wildman–Crippen MR) is 199 cm³/mol. The lowest BCUT2D eigenvalue weighted by Crippen LogP contribution is -2.56. The number of ether oxygens (including phenoxy) is 1. The van der Waals surface area contributed by atoms with E-state index in [9.17, 15) is 24.0 Å². The molecule has 1 heterocycles. The standard InChI is InChI=1S/C36H51N9O7/c1-23-20-31(46)52-30-21-25(15-16-26(23)30)42-32(47)28(14-9-19-41-35(39)40)44-33(48)27(12-5-7-17-37)43-34(49)29(13-6-8-18-38)45-36(50)51-22-24-10-3-2-4-11-24/h2-4,10-11,15-16,20-21,27-29H,5-9,12-14,17-19,22,37-38H2,1H3,(H,42,47)(H,43,49)(H,44,48)(H,45,50)(H4,39,40,41). The second kappa shape index (κ2) is 21.7. The maximum atomic E-state index is 13.8. The van der Waals surface area contributed by atoms with Crippen molar-refractivity contribution in [1.82, 2.24) is 16.0 Å². The number of nitrogens with one attached hydrogen (secondary N) is 4. The van der Waals surface area contributed by atoms with Crippen molar-refractivity contribution >= 4 is 46.4 Å². The summed E-state index contributed by atoms with van der Waals surface area (Å²) in [5.41, 5.74) is 23.9. The van der Waals surface area contributed by atoms with E-state index in [1.807, 2.05) is 18.2 Å². The Morgan fingerprint density at radius 3 is 1.98 bits per heavy atom. The molecule has 12 N–H and O–H groups in total. The van der Waals surface area contributed by atoms with Crippen molar-refractivity contribution in [2.45, 2.75) is 83.0 Å². The van der Waals surface area contributed by atoms with Gasteiger partial charge in [-0.25, -0.2) is 9.59 Å². The monoisotopic (exact) mass is 721 g/mol. The van der Waals surface area contributed by atoms with Crippen LogP contribution in [0.2, 0.25) is 0 Å². The molecule has 282 valence electrons. The lowest BCUT2D eigenvalue weighted by Gasteiger charge is -2.25. The van der Waals surface area contributed by atoms with Crippen LogP contribution < -0.4 is 49.8 Å². The molecule has 0 fully saturated rings. The molecule has 0 spiro atoms. The van der Waals surface area contributed by atoms with E-state index < -0.39 is 47.6 Å². The van der Waals surface area contributed by atoms with Crippen LogP contribution in [-0.2, 0) is 25.7 Å². The summed E-state index contributed by atoms with van der Waals surface area (Å²) in [7, 11) is 0. The Bertz CT molecular complexity index is 1710. The Morgan fingerprint density at radius 1 is 0.769 bits per heavy atom. The Balaban J connectivity index is 1.77. The summed E-state index contributed by atoms with van der Waals surface area (Å²) < 4.78 is 10.6. The third-order valence-corrected chi connectivity index (χ3v) is 8.15. The van der Waals surface area contributed by atoms with Gasteiger partial charge in [0.15, 0.2) is 5.96 Å². The minimum absolute atomic E-state index is 0.00780. The third kappa shape index (κ3) is 14.0. The number of anilines is 1. The molecule has 0 saturated carbocycles. The van der Waals surface area contributed by atoms with E-state index in [2.05, 4.69) is 26.3 Å². The number of hydrogen-bond acceptors (Lipinski definition) is 10. The Hall–Kier alpha value is -5.48. The maximum Gasteiger partial charge on any atom is 0.408 e. The van der Waals surface area contributed by atoms with Crippen molar-refractivity contribution in [1.29, 1.82) is 0 Å². The van der Waals surface area contributed by atoms with Crippen LogP contribution in [0.25, 0.3) is 11.0 Å². The van der Waals surface area contributed by atoms with Crippen molar-refractivity contribution in [3.8, 4) is 0 Å². The van der Waals surface area contributed by atoms with Crippen LogP contribution in [0, 0.1) is 6.92 Å². The number of benzene rings is 2. The van der Waals surface area contributed by atoms with Crippen LogP contribution in [-0.4, -0.2) is 67.5 Å². The molecule has 52 heavy (non-hydrogen) atoms. The van der Waals surface area contributed by atoms with Crippen molar-refractivity contribution in [3.05, 3.63) is 76.1 Å². The summed E-state index contributed by atoms with van der Waals surface area (Å²) in [5.74, 6) is -1.87. The second-order valence-electron chi connectivity index (χ2n) is 12.3. The Kier molecular flexibility index (Phi) is 17.1. The SMILES string of the molecule is Cc1cc(=O)oc2cc(NC(=O)C(CCCN=C(N)N)NC(=O)C(CCCCN)NC(=O)C(CCCCN)NC(=O)OCc3ccccc3)ccc12. The molecule has 3 atom stereocenters. The first-order valence-corrected chi connectivity index (χ1v) is 17.4. The Labute approximate surface area is 302 Å². The minimum Gasteiger partial charge on any atom is -0.445 e. The van der Waals surface area contributed by atoms with E-state index in [1.165, 1.54) is 12.1 Å². The van der Waals surface area contributed by atoms with Crippen LogP contribution in [0.3, 0.4) is 0 Å². The largest absolute Gasteiger partial charge is 0.445 e. The molecule has 16 heteroatoms. The van der Waals surface area contributed by atoms with E-state index in [0.29, 0.717) is 56.3 Å². The van der Waals surface area contributed by atoms with E-state index in [4.69, 9.17) is 32.1 Å². The summed E-state index contributed by atoms with van der Waals surface area (Å²) in [6, 6.07) is 12.2. The van der Waals surface area contributed by atoms with Gasteiger partial charge in [0, 0.05) is 29.8 Å². The van der Waals surface area contributed by atoms with Gasteiger partial charge in [-0.3, -0.25) is 19.4 Å². The fraction of sp³-hybridized carbons (Fsp3) is 0.444. The van der Waals surface area contributed by atoms with Crippen LogP contribution in [0.1, 0.15) is 62.5 Å². The molecule has 3 aromatic rings. The van der Waals surface area contributed by atoms with Gasteiger partial charge in [0.1, 0.15) is 30.3 Å². The summed E-state index contributed by atoms with van der Waals surface area (Å²) in [4.78, 5) is 69.7. The first kappa shape index (κ1) is 40.9. The average molecular weight is 722 g/mol. The molecule has 3 rings (SSSR count). The zero-order valence-electron chi connectivity index (χ0n) is 29.5. The smallest absolute Gasteiger partial charge is 0.408 e. The highest BCUT2D eigenvalue weighted by atomic mass is 16.5. The summed E-state index contributed by atoms with van der Waals surface area (Å²) in [5, 5.41) is 11.6. The van der Waals surface area contributed by atoms with Crippen molar-refractivity contribution in [2.75, 3.05) is 25.0 Å². The van der Waals surface area contributed by atoms with Gasteiger partial charge in [0.05, 0.1) is 0 Å². The number of aryl methyl sites for hydroxylation is 1. The highest BCUT2D eigenvalue weighted by Gasteiger charge is 2.30. The highest BCUT2D eigenvalue weighted by Crippen LogP contribution is 2.21. The highest BCUT2D eigenvalue weighted by molar-refractivity contribution is 6.00. The van der Waals surface area contributed by atoms with Crippen LogP contribution in [0.5, 0.6) is 0 Å². The van der Waals surface area contributed by atoms with Gasteiger partial charge in [-0.2, -0.15) is 0 Å². The number of hydrogen-bond donors (Lipinski definition) is 8. The number of carbonyl (C=O) groups is 4. The number of rotatable bonds is 21. The summed E-state index contributed by atoms with van der Waals surface area (Å²) in [6.07, 6.45) is 2.40. The minimum atomic E-state index is -1.07. The zero-order chi connectivity index (χ0) is 37.9. The first-order valence-electron chi connectivity index (χ1n) is 17.4. The van der Waals surface area contributed by atoms with E-state index in [-0.39, 0.29) is 44.0 Å². The molecule has 2 aromatic carbocycles. The van der Waals surface area contributed by atoms with Gasteiger partial charge in [-0.05, 0) is 94.6 Å². The number of amides is 4. The van der Waals surface area contributed by atoms with Gasteiger partial charge in [0.25, 0.3) is 0 Å². The van der Waals surface area contributed by atoms with Gasteiger partial charge in [-0.1, -0.05) is 30.3 Å². The van der Waals surface area contributed by atoms with Gasteiger partial charge < -0.3 is 53.4 Å². The van der Waals surface area contributed by atoms with Crippen molar-refractivity contribution < 1.29 is 28.3 Å². The number of carbonyl (C=O) groups excluding carboxylic acids is 4. The molecule has 4 amide bonds. The molecular weight excluding hydrogens is 670 g/mol. The first-order chi connectivity index (χ1) is 25.0. The number of alkyl carbamates (subject to hydrolysis) is 1. The molecular formula is C36H51N9O7. The second-order valence-corrected chi connectivity index (χ2v) is 12.3. The molecule has 0 aliphatic rings. The fourth-order valence-electron chi connectivity index (χ4n) is 5.38. The predicted octanol–water partition coefficient (Wildman–Crippen LogP) is 1.62. The molecule has 0 aliphatic carbocycles. The number of guanidine groups is 1. The van der Waals surface area contributed by atoms with E-state index in [1.54, 1.807) is 31.2 Å². The van der Waals surface area contributed by atoms with Crippen LogP contribution >= 0.6 is 0 Å². The zero-order valence-corrected chi connectivity index (χ0v) is 29.5. The normalized spacial score (nSPS) is 12.6. The van der Waals surface area contributed by atoms with Gasteiger partial charge in [-0.15, -0.1) is 0 Å². The number of aliphatic imine (C=N–C) groups is 1. The van der Waals surface area contributed by atoms with Gasteiger partial charge >= 0.3 is 11.7 Å². The molecule has 3 unspecified atom stereocenters. The molecule has 16 nitrogen and oxygen atoms in total. The van der Waals surface area contributed by atoms with Crippen LogP contribution in [0.4, 0.5) is 10.5 Å². The molecule has 1 aromatic heterocycles. The van der Waals surface area contributed by atoms with Crippen molar-refractivity contribution in [3.63, 3.8) is 0 Å². The van der Waals surface area contributed by atoms with E-state index >= 15 is 0 Å². The number of nitrogens with zero attached hydrogens (tertiary/aromatic N) is 1. The average Bonchev–Trinajstić information content (AvgIpc) is 3.11. The fourth-order valence-corrected chi connectivity index (χ4v) is 5.38. The molecule has 0 saturated heterocycles. The van der Waals surface area contributed by atoms with Crippen molar-refractivity contribution in [2.24, 2.45) is 27.9 Å². The molecule has 0 aliphatic heterocycles. The molecule has 0 radical (unpaired) electrons.